The van der Waals surface area contributed by atoms with Crippen molar-refractivity contribution in [1.82, 2.24) is 0 Å². The molecule has 0 spiro atoms. The van der Waals surface area contributed by atoms with Crippen LogP contribution in [0.2, 0.25) is 0 Å². The molecule has 0 saturated heterocycles. The summed E-state index contributed by atoms with van der Waals surface area (Å²) in [5.41, 5.74) is -0.0786. The van der Waals surface area contributed by atoms with E-state index in [-0.39, 0.29) is 6.61 Å². The molecule has 0 radical (unpaired) electrons. The number of benzene rings is 2. The van der Waals surface area contributed by atoms with Gasteiger partial charge in [-0.25, -0.2) is 4.79 Å². The summed E-state index contributed by atoms with van der Waals surface area (Å²) in [4.78, 5) is 11.3. The molecular formula is C18H17F3O4. The van der Waals surface area contributed by atoms with Crippen LogP contribution in [0.1, 0.15) is 18.1 Å². The van der Waals surface area contributed by atoms with Crippen molar-refractivity contribution in [2.45, 2.75) is 25.8 Å². The molecule has 0 saturated carbocycles. The van der Waals surface area contributed by atoms with Crippen molar-refractivity contribution in [2.24, 2.45) is 0 Å². The monoisotopic (exact) mass is 354 g/mol. The molecule has 0 bridgehead atoms. The van der Waals surface area contributed by atoms with Crippen molar-refractivity contribution < 1.29 is 32.2 Å². The molecule has 1 unspecified atom stereocenters. The van der Waals surface area contributed by atoms with Gasteiger partial charge >= 0.3 is 12.1 Å². The van der Waals surface area contributed by atoms with Crippen molar-refractivity contribution in [3.8, 4) is 11.5 Å². The second-order valence-electron chi connectivity index (χ2n) is 5.24. The zero-order chi connectivity index (χ0) is 18.4. The number of carbonyl (C=O) groups excluding carboxylic acids is 1. The highest BCUT2D eigenvalue weighted by molar-refractivity contribution is 5.74. The molecule has 0 aliphatic rings. The molecule has 2 rings (SSSR count). The van der Waals surface area contributed by atoms with Crippen LogP contribution < -0.4 is 9.47 Å². The lowest BCUT2D eigenvalue weighted by Crippen LogP contribution is -2.24. The molecule has 25 heavy (non-hydrogen) atoms. The van der Waals surface area contributed by atoms with Crippen LogP contribution in [0.5, 0.6) is 11.5 Å². The molecular weight excluding hydrogens is 337 g/mol. The quantitative estimate of drug-likeness (QED) is 0.729. The standard InChI is InChI=1S/C18H17F3O4/c1-12(17(22)23-2)25-16-9-7-15(8-10-16)24-11-13-3-5-14(6-4-13)18(19,20)21/h3-10,12H,11H2,1-2H3. The lowest BCUT2D eigenvalue weighted by Gasteiger charge is -2.13. The van der Waals surface area contributed by atoms with Gasteiger partial charge in [0, 0.05) is 0 Å². The van der Waals surface area contributed by atoms with Crippen LogP contribution >= 0.6 is 0 Å². The Hall–Kier alpha value is -2.70. The molecule has 134 valence electrons. The van der Waals surface area contributed by atoms with E-state index in [1.807, 2.05) is 0 Å². The number of hydrogen-bond donors (Lipinski definition) is 0. The molecule has 2 aromatic rings. The van der Waals surface area contributed by atoms with Crippen molar-refractivity contribution in [3.63, 3.8) is 0 Å². The van der Waals surface area contributed by atoms with E-state index in [9.17, 15) is 18.0 Å². The summed E-state index contributed by atoms with van der Waals surface area (Å²) >= 11 is 0. The van der Waals surface area contributed by atoms with Crippen LogP contribution in [0.4, 0.5) is 13.2 Å². The number of ether oxygens (including phenoxy) is 3. The molecule has 0 N–H and O–H groups in total. The zero-order valence-electron chi connectivity index (χ0n) is 13.7. The lowest BCUT2D eigenvalue weighted by atomic mass is 10.1. The average molecular weight is 354 g/mol. The summed E-state index contributed by atoms with van der Waals surface area (Å²) in [5.74, 6) is 0.514. The number of halogens is 3. The van der Waals surface area contributed by atoms with E-state index in [1.54, 1.807) is 31.2 Å². The predicted octanol–water partition coefficient (Wildman–Crippen LogP) is 4.22. The van der Waals surface area contributed by atoms with Crippen molar-refractivity contribution in [1.29, 1.82) is 0 Å². The first-order valence-corrected chi connectivity index (χ1v) is 7.43. The van der Waals surface area contributed by atoms with Crippen LogP contribution in [0.3, 0.4) is 0 Å². The number of esters is 1. The largest absolute Gasteiger partial charge is 0.489 e. The first-order valence-electron chi connectivity index (χ1n) is 7.43. The fraction of sp³-hybridized carbons (Fsp3) is 0.278. The zero-order valence-corrected chi connectivity index (χ0v) is 13.7. The normalized spacial score (nSPS) is 12.4. The van der Waals surface area contributed by atoms with Crippen molar-refractivity contribution in [2.75, 3.05) is 7.11 Å². The van der Waals surface area contributed by atoms with Gasteiger partial charge in [0.15, 0.2) is 6.10 Å². The maximum Gasteiger partial charge on any atom is 0.416 e. The highest BCUT2D eigenvalue weighted by atomic mass is 19.4. The van der Waals surface area contributed by atoms with Crippen LogP contribution in [0.25, 0.3) is 0 Å². The number of methoxy groups -OCH3 is 1. The predicted molar refractivity (Wildman–Crippen MR) is 84.3 cm³/mol. The van der Waals surface area contributed by atoms with Gasteiger partial charge in [0.05, 0.1) is 12.7 Å². The molecule has 0 aliphatic heterocycles. The lowest BCUT2D eigenvalue weighted by molar-refractivity contribution is -0.147. The number of rotatable bonds is 6. The van der Waals surface area contributed by atoms with E-state index in [4.69, 9.17) is 9.47 Å². The minimum absolute atomic E-state index is 0.136. The smallest absolute Gasteiger partial charge is 0.416 e. The molecule has 4 nitrogen and oxygen atoms in total. The van der Waals surface area contributed by atoms with Crippen LogP contribution in [-0.4, -0.2) is 19.2 Å². The minimum atomic E-state index is -4.35. The highest BCUT2D eigenvalue weighted by Gasteiger charge is 2.29. The first kappa shape index (κ1) is 18.6. The fourth-order valence-corrected chi connectivity index (χ4v) is 1.99. The van der Waals surface area contributed by atoms with Gasteiger partial charge in [0.1, 0.15) is 18.1 Å². The first-order chi connectivity index (χ1) is 11.8. The Balaban J connectivity index is 1.90. The topological polar surface area (TPSA) is 44.8 Å². The molecule has 2 aromatic carbocycles. The molecule has 0 fully saturated rings. The molecule has 0 aromatic heterocycles. The third-order valence-electron chi connectivity index (χ3n) is 3.36. The highest BCUT2D eigenvalue weighted by Crippen LogP contribution is 2.29. The molecule has 0 aliphatic carbocycles. The van der Waals surface area contributed by atoms with Gasteiger partial charge < -0.3 is 14.2 Å². The average Bonchev–Trinajstić information content (AvgIpc) is 2.60. The second-order valence-corrected chi connectivity index (χ2v) is 5.24. The number of alkyl halides is 3. The van der Waals surface area contributed by atoms with E-state index >= 15 is 0 Å². The SMILES string of the molecule is COC(=O)C(C)Oc1ccc(OCc2ccc(C(F)(F)F)cc2)cc1. The third-order valence-corrected chi connectivity index (χ3v) is 3.36. The summed E-state index contributed by atoms with van der Waals surface area (Å²) in [7, 11) is 1.28. The summed E-state index contributed by atoms with van der Waals surface area (Å²) in [6.45, 7) is 1.71. The van der Waals surface area contributed by atoms with E-state index < -0.39 is 23.8 Å². The van der Waals surface area contributed by atoms with Gasteiger partial charge in [0.2, 0.25) is 0 Å². The van der Waals surface area contributed by atoms with Crippen LogP contribution in [0, 0.1) is 0 Å². The number of carbonyl (C=O) groups is 1. The van der Waals surface area contributed by atoms with Crippen LogP contribution in [0.15, 0.2) is 48.5 Å². The number of hydrogen-bond acceptors (Lipinski definition) is 4. The Morgan fingerprint density at radius 3 is 2.08 bits per heavy atom. The fourth-order valence-electron chi connectivity index (χ4n) is 1.99. The maximum absolute atomic E-state index is 12.5. The van der Waals surface area contributed by atoms with Gasteiger partial charge in [-0.05, 0) is 48.9 Å². The maximum atomic E-state index is 12.5. The minimum Gasteiger partial charge on any atom is -0.489 e. The Labute approximate surface area is 143 Å². The third kappa shape index (κ3) is 5.41. The molecule has 1 atom stereocenters. The van der Waals surface area contributed by atoms with Gasteiger partial charge in [0.25, 0.3) is 0 Å². The van der Waals surface area contributed by atoms with E-state index in [0.717, 1.165) is 12.1 Å². The van der Waals surface area contributed by atoms with Gasteiger partial charge in [-0.1, -0.05) is 12.1 Å². The molecule has 0 amide bonds. The van der Waals surface area contributed by atoms with Crippen LogP contribution in [-0.2, 0) is 22.3 Å². The summed E-state index contributed by atoms with van der Waals surface area (Å²) in [6, 6.07) is 11.3. The van der Waals surface area contributed by atoms with E-state index in [0.29, 0.717) is 17.1 Å². The second kappa shape index (κ2) is 7.92. The Bertz CT molecular complexity index is 694. The molecule has 7 heteroatoms. The Morgan fingerprint density at radius 2 is 1.56 bits per heavy atom. The summed E-state index contributed by atoms with van der Waals surface area (Å²) in [6.07, 6.45) is -5.08. The van der Waals surface area contributed by atoms with Crippen molar-refractivity contribution >= 4 is 5.97 Å². The van der Waals surface area contributed by atoms with E-state index in [1.165, 1.54) is 19.2 Å². The van der Waals surface area contributed by atoms with Gasteiger partial charge in [-0.2, -0.15) is 13.2 Å². The molecule has 0 heterocycles. The van der Waals surface area contributed by atoms with Gasteiger partial charge in [-0.3, -0.25) is 0 Å². The summed E-state index contributed by atoms with van der Waals surface area (Å²) < 4.78 is 53.0. The van der Waals surface area contributed by atoms with E-state index in [2.05, 4.69) is 4.74 Å². The Kier molecular flexibility index (Phi) is 5.90. The van der Waals surface area contributed by atoms with Crippen molar-refractivity contribution in [3.05, 3.63) is 59.7 Å². The van der Waals surface area contributed by atoms with Gasteiger partial charge in [-0.15, -0.1) is 0 Å². The Morgan fingerprint density at radius 1 is 1.00 bits per heavy atom. The summed E-state index contributed by atoms with van der Waals surface area (Å²) in [5, 5.41) is 0.